The number of hydrogen-bond acceptors (Lipinski definition) is 5. The van der Waals surface area contributed by atoms with E-state index in [4.69, 9.17) is 4.52 Å². The number of aromatic nitrogens is 3. The monoisotopic (exact) mass is 546 g/mol. The third kappa shape index (κ3) is 4.11. The summed E-state index contributed by atoms with van der Waals surface area (Å²) in [4.78, 5) is 13.2. The molecule has 4 aromatic rings. The predicted molar refractivity (Wildman–Crippen MR) is 118 cm³/mol. The van der Waals surface area contributed by atoms with Crippen LogP contribution in [0.15, 0.2) is 39.8 Å². The highest BCUT2D eigenvalue weighted by atomic mass is 32.2. The summed E-state index contributed by atoms with van der Waals surface area (Å²) in [5.41, 5.74) is -3.04. The first-order chi connectivity index (χ1) is 17.3. The molecule has 0 fully saturated rings. The maximum Gasteiger partial charge on any atom is 0.334 e. The fraction of sp³-hybridized carbons (Fsp3) is 0.273. The van der Waals surface area contributed by atoms with Crippen LogP contribution in [0.2, 0.25) is 0 Å². The molecule has 1 N–H and O–H groups in total. The number of rotatable bonds is 5. The van der Waals surface area contributed by atoms with Crippen molar-refractivity contribution in [1.82, 2.24) is 19.0 Å². The molecule has 0 saturated carbocycles. The van der Waals surface area contributed by atoms with E-state index in [1.54, 1.807) is 0 Å². The molecule has 196 valence electrons. The lowest BCUT2D eigenvalue weighted by molar-refractivity contribution is -0.0468. The molecule has 2 aromatic heterocycles. The Morgan fingerprint density at radius 1 is 1.11 bits per heavy atom. The molecule has 1 aliphatic rings. The molecule has 3 heterocycles. The summed E-state index contributed by atoms with van der Waals surface area (Å²) in [5, 5.41) is 3.32. The maximum atomic E-state index is 15.0. The van der Waals surface area contributed by atoms with Crippen LogP contribution >= 0.6 is 0 Å². The summed E-state index contributed by atoms with van der Waals surface area (Å²) in [6.45, 7) is 0.530. The lowest BCUT2D eigenvalue weighted by Crippen LogP contribution is -2.55. The van der Waals surface area contributed by atoms with E-state index >= 15 is 0 Å². The number of fused-ring (bicyclic) bond motifs is 2. The molecule has 0 aliphatic carbocycles. The van der Waals surface area contributed by atoms with E-state index < -0.39 is 86.6 Å². The summed E-state index contributed by atoms with van der Waals surface area (Å²) in [6, 6.07) is 0.657. The van der Waals surface area contributed by atoms with Crippen molar-refractivity contribution in [3.63, 3.8) is 0 Å². The van der Waals surface area contributed by atoms with Gasteiger partial charge in [0.15, 0.2) is 11.4 Å². The Bertz CT molecular complexity index is 1700. The van der Waals surface area contributed by atoms with Gasteiger partial charge < -0.3 is 4.52 Å². The number of alkyl halides is 2. The lowest BCUT2D eigenvalue weighted by Gasteiger charge is -2.32. The number of imidazole rings is 1. The number of benzene rings is 2. The van der Waals surface area contributed by atoms with Gasteiger partial charge in [0, 0.05) is 36.1 Å². The Morgan fingerprint density at radius 2 is 1.78 bits per heavy atom. The molecule has 0 bridgehead atoms. The summed E-state index contributed by atoms with van der Waals surface area (Å²) in [7, 11) is -4.04. The first-order valence-corrected chi connectivity index (χ1v) is 12.4. The van der Waals surface area contributed by atoms with Crippen LogP contribution in [-0.4, -0.2) is 40.4 Å². The summed E-state index contributed by atoms with van der Waals surface area (Å²) in [5.74, 6) is -9.77. The van der Waals surface area contributed by atoms with Crippen LogP contribution in [0.4, 0.5) is 26.3 Å². The first kappa shape index (κ1) is 25.1. The molecule has 5 rings (SSSR count). The maximum absolute atomic E-state index is 15.0. The van der Waals surface area contributed by atoms with Gasteiger partial charge in [-0.2, -0.15) is 0 Å². The molecule has 0 radical (unpaired) electrons. The van der Waals surface area contributed by atoms with E-state index in [2.05, 4.69) is 5.16 Å². The Labute approximate surface area is 204 Å². The second-order valence-electron chi connectivity index (χ2n) is 8.44. The lowest BCUT2D eigenvalue weighted by atomic mass is 9.99. The van der Waals surface area contributed by atoms with E-state index in [-0.39, 0.29) is 16.7 Å². The average Bonchev–Trinajstić information content (AvgIpc) is 3.35. The zero-order chi connectivity index (χ0) is 26.9. The summed E-state index contributed by atoms with van der Waals surface area (Å²) >= 11 is 0. The second-order valence-corrected chi connectivity index (χ2v) is 10.5. The van der Waals surface area contributed by atoms with Gasteiger partial charge in [-0.3, -0.25) is 4.57 Å². The van der Waals surface area contributed by atoms with Crippen molar-refractivity contribution in [3.8, 4) is 16.9 Å². The van der Waals surface area contributed by atoms with Gasteiger partial charge in [-0.25, -0.2) is 48.8 Å². The van der Waals surface area contributed by atoms with Crippen LogP contribution < -0.4 is 10.4 Å². The summed E-state index contributed by atoms with van der Waals surface area (Å²) in [6.07, 6.45) is -0.0471. The van der Waals surface area contributed by atoms with Crippen molar-refractivity contribution in [3.05, 3.63) is 69.9 Å². The van der Waals surface area contributed by atoms with Crippen molar-refractivity contribution >= 4 is 21.0 Å². The SMILES string of the molecule is CCS(=O)(=O)N[C@@H]1Cn2c(cn(-c3noc4ccc(F)c(-c5c(F)cc(F)cc5F)c34)c2=O)CC1(F)F. The minimum atomic E-state index is -4.04. The van der Waals surface area contributed by atoms with Crippen molar-refractivity contribution < 1.29 is 39.3 Å². The quantitative estimate of drug-likeness (QED) is 0.387. The molecule has 0 amide bonds. The van der Waals surface area contributed by atoms with Crippen molar-refractivity contribution in [1.29, 1.82) is 0 Å². The highest BCUT2D eigenvalue weighted by Gasteiger charge is 2.47. The van der Waals surface area contributed by atoms with Gasteiger partial charge in [-0.15, -0.1) is 0 Å². The Kier molecular flexibility index (Phi) is 5.75. The van der Waals surface area contributed by atoms with E-state index in [0.29, 0.717) is 12.1 Å². The van der Waals surface area contributed by atoms with Gasteiger partial charge in [0.25, 0.3) is 5.92 Å². The zero-order valence-corrected chi connectivity index (χ0v) is 19.6. The van der Waals surface area contributed by atoms with Crippen molar-refractivity contribution in [2.24, 2.45) is 0 Å². The number of sulfonamides is 1. The standard InChI is InChI=1S/C22H16F6N4O4S/c1-2-37(34,35)30-16-9-31-11(7-22(16,27)28)8-32(21(31)33)20-19-15(36-29-20)4-3-12(24)18(19)17-13(25)5-10(23)6-14(17)26/h3-6,8,16,30H,2,7,9H2,1H3/t16-/m1/s1. The molecule has 0 saturated heterocycles. The summed E-state index contributed by atoms with van der Waals surface area (Å²) < 4.78 is 120. The average molecular weight is 546 g/mol. The van der Waals surface area contributed by atoms with Crippen LogP contribution in [0.25, 0.3) is 27.9 Å². The Morgan fingerprint density at radius 3 is 2.43 bits per heavy atom. The normalized spacial score (nSPS) is 17.3. The van der Waals surface area contributed by atoms with Gasteiger partial charge in [0.1, 0.15) is 29.3 Å². The van der Waals surface area contributed by atoms with E-state index in [1.165, 1.54) is 6.92 Å². The molecule has 8 nitrogen and oxygen atoms in total. The van der Waals surface area contributed by atoms with Gasteiger partial charge in [0.05, 0.1) is 23.1 Å². The van der Waals surface area contributed by atoms with Crippen LogP contribution in [0, 0.1) is 23.3 Å². The fourth-order valence-electron chi connectivity index (χ4n) is 4.30. The number of nitrogens with one attached hydrogen (secondary N) is 1. The predicted octanol–water partition coefficient (Wildman–Crippen LogP) is 3.50. The molecule has 0 spiro atoms. The van der Waals surface area contributed by atoms with Crippen LogP contribution in [0.1, 0.15) is 12.6 Å². The van der Waals surface area contributed by atoms with Gasteiger partial charge in [0.2, 0.25) is 10.0 Å². The van der Waals surface area contributed by atoms with Crippen LogP contribution in [0.3, 0.4) is 0 Å². The van der Waals surface area contributed by atoms with Crippen LogP contribution in [-0.2, 0) is 23.0 Å². The fourth-order valence-corrected chi connectivity index (χ4v) is 5.15. The highest BCUT2D eigenvalue weighted by molar-refractivity contribution is 7.89. The van der Waals surface area contributed by atoms with Crippen molar-refractivity contribution in [2.75, 3.05) is 5.75 Å². The van der Waals surface area contributed by atoms with Crippen molar-refractivity contribution in [2.45, 2.75) is 31.9 Å². The highest BCUT2D eigenvalue weighted by Crippen LogP contribution is 2.38. The van der Waals surface area contributed by atoms with E-state index in [1.807, 2.05) is 4.72 Å². The molecular formula is C22H16F6N4O4S. The molecule has 1 atom stereocenters. The molecule has 15 heteroatoms. The minimum Gasteiger partial charge on any atom is -0.354 e. The molecule has 1 aliphatic heterocycles. The van der Waals surface area contributed by atoms with E-state index in [9.17, 15) is 39.6 Å². The van der Waals surface area contributed by atoms with Crippen LogP contribution in [0.5, 0.6) is 0 Å². The topological polar surface area (TPSA) is 99.1 Å². The third-order valence-electron chi connectivity index (χ3n) is 6.11. The largest absolute Gasteiger partial charge is 0.354 e. The minimum absolute atomic E-state index is 0.199. The third-order valence-corrected chi connectivity index (χ3v) is 7.51. The van der Waals surface area contributed by atoms with Gasteiger partial charge >= 0.3 is 5.69 Å². The Balaban J connectivity index is 1.70. The zero-order valence-electron chi connectivity index (χ0n) is 18.7. The number of nitrogens with zero attached hydrogens (tertiary/aromatic N) is 3. The van der Waals surface area contributed by atoms with E-state index in [0.717, 1.165) is 27.5 Å². The molecule has 0 unspecified atom stereocenters. The first-order valence-electron chi connectivity index (χ1n) is 10.7. The molecular weight excluding hydrogens is 530 g/mol. The number of hydrogen-bond donors (Lipinski definition) is 1. The molecule has 37 heavy (non-hydrogen) atoms. The van der Waals surface area contributed by atoms with Gasteiger partial charge in [-0.1, -0.05) is 5.16 Å². The molecule has 2 aromatic carbocycles. The van der Waals surface area contributed by atoms with Gasteiger partial charge in [-0.05, 0) is 19.1 Å². The Hall–Kier alpha value is -3.59. The number of halogens is 6. The second kappa shape index (κ2) is 8.48. The smallest absolute Gasteiger partial charge is 0.334 e.